The second-order valence-electron chi connectivity index (χ2n) is 6.17. The number of ether oxygens (including phenoxy) is 1. The van der Waals surface area contributed by atoms with Crippen LogP contribution in [0.15, 0.2) is 30.6 Å². The second kappa shape index (κ2) is 9.74. The Labute approximate surface area is 166 Å². The van der Waals surface area contributed by atoms with E-state index in [2.05, 4.69) is 20.7 Å². The highest BCUT2D eigenvalue weighted by molar-refractivity contribution is 5.92. The number of carbonyl (C=O) groups is 1. The molecule has 3 rings (SSSR count). The van der Waals surface area contributed by atoms with Crippen molar-refractivity contribution in [2.24, 2.45) is 0 Å². The maximum atomic E-state index is 12.5. The largest absolute Gasteiger partial charge is 0.476 e. The summed E-state index contributed by atoms with van der Waals surface area (Å²) in [6.45, 7) is 2.09. The monoisotopic (exact) mass is 419 g/mol. The highest BCUT2D eigenvalue weighted by Gasteiger charge is 2.30. The van der Waals surface area contributed by atoms with Gasteiger partial charge in [0.2, 0.25) is 5.88 Å². The van der Waals surface area contributed by atoms with Crippen molar-refractivity contribution < 1.29 is 22.7 Å². The number of halogens is 4. The molecule has 1 saturated heterocycles. The Morgan fingerprint density at radius 1 is 1.36 bits per heavy atom. The molecular weight excluding hydrogens is 399 g/mol. The summed E-state index contributed by atoms with van der Waals surface area (Å²) in [5.41, 5.74) is -0.528. The predicted molar refractivity (Wildman–Crippen MR) is 97.7 cm³/mol. The summed E-state index contributed by atoms with van der Waals surface area (Å²) in [6.07, 6.45) is 0.150. The van der Waals surface area contributed by atoms with Gasteiger partial charge in [-0.15, -0.1) is 12.4 Å². The number of hydrogen-bond acceptors (Lipinski definition) is 5. The number of amides is 1. The zero-order chi connectivity index (χ0) is 19.3. The number of piperidine rings is 1. The lowest BCUT2D eigenvalue weighted by molar-refractivity contribution is -0.137. The highest BCUT2D eigenvalue weighted by Crippen LogP contribution is 2.29. The average Bonchev–Trinajstić information content (AvgIpc) is 3.16. The van der Waals surface area contributed by atoms with Gasteiger partial charge in [-0.2, -0.15) is 18.3 Å². The van der Waals surface area contributed by atoms with Crippen LogP contribution in [-0.4, -0.2) is 46.9 Å². The number of pyridine rings is 1. The zero-order valence-electron chi connectivity index (χ0n) is 14.9. The third kappa shape index (κ3) is 5.83. The number of nitrogens with zero attached hydrogens (tertiary/aromatic N) is 3. The Morgan fingerprint density at radius 3 is 2.82 bits per heavy atom. The maximum absolute atomic E-state index is 12.5. The van der Waals surface area contributed by atoms with Crippen LogP contribution in [0.2, 0.25) is 0 Å². The van der Waals surface area contributed by atoms with Gasteiger partial charge in [0.15, 0.2) is 0 Å². The quantitative estimate of drug-likeness (QED) is 0.703. The molecule has 0 bridgehead atoms. The Morgan fingerprint density at radius 2 is 2.18 bits per heavy atom. The van der Waals surface area contributed by atoms with E-state index in [4.69, 9.17) is 4.74 Å². The number of hydrogen-bond donors (Lipinski definition) is 2. The van der Waals surface area contributed by atoms with Crippen molar-refractivity contribution in [2.45, 2.75) is 25.1 Å². The van der Waals surface area contributed by atoms with Gasteiger partial charge in [-0.05, 0) is 31.5 Å². The molecule has 2 N–H and O–H groups in total. The Kier molecular flexibility index (Phi) is 7.64. The third-order valence-corrected chi connectivity index (χ3v) is 4.19. The number of nitrogens with one attached hydrogen (secondary N) is 2. The Hall–Kier alpha value is -2.33. The van der Waals surface area contributed by atoms with Crippen molar-refractivity contribution in [2.75, 3.05) is 26.2 Å². The lowest BCUT2D eigenvalue weighted by atomic mass is 10.1. The molecule has 1 aliphatic heterocycles. The van der Waals surface area contributed by atoms with Gasteiger partial charge >= 0.3 is 6.18 Å². The first kappa shape index (κ1) is 22.0. The van der Waals surface area contributed by atoms with Gasteiger partial charge < -0.3 is 15.4 Å². The molecule has 28 heavy (non-hydrogen) atoms. The van der Waals surface area contributed by atoms with E-state index in [1.807, 2.05) is 0 Å². The molecule has 0 aliphatic carbocycles. The van der Waals surface area contributed by atoms with Gasteiger partial charge in [0.05, 0.1) is 18.2 Å². The van der Waals surface area contributed by atoms with E-state index >= 15 is 0 Å². The van der Waals surface area contributed by atoms with Crippen molar-refractivity contribution in [3.8, 4) is 5.88 Å². The average molecular weight is 420 g/mol. The first-order valence-electron chi connectivity index (χ1n) is 8.63. The van der Waals surface area contributed by atoms with Crippen LogP contribution in [-0.2, 0) is 6.18 Å². The van der Waals surface area contributed by atoms with Gasteiger partial charge in [0, 0.05) is 25.0 Å². The molecule has 11 heteroatoms. The predicted octanol–water partition coefficient (Wildman–Crippen LogP) is 2.45. The van der Waals surface area contributed by atoms with Gasteiger partial charge in [0.1, 0.15) is 12.3 Å². The van der Waals surface area contributed by atoms with E-state index in [9.17, 15) is 18.0 Å². The summed E-state index contributed by atoms with van der Waals surface area (Å²) >= 11 is 0. The normalized spacial score (nSPS) is 16.9. The first-order chi connectivity index (χ1) is 12.9. The third-order valence-electron chi connectivity index (χ3n) is 4.19. The Bertz CT molecular complexity index is 761. The summed E-state index contributed by atoms with van der Waals surface area (Å²) < 4.78 is 44.4. The van der Waals surface area contributed by atoms with Crippen LogP contribution in [0.5, 0.6) is 5.88 Å². The van der Waals surface area contributed by atoms with Crippen molar-refractivity contribution in [1.29, 1.82) is 0 Å². The molecule has 1 fully saturated rings. The molecule has 7 nitrogen and oxygen atoms in total. The van der Waals surface area contributed by atoms with Crippen LogP contribution in [0.1, 0.15) is 34.9 Å². The van der Waals surface area contributed by atoms with Gasteiger partial charge in [-0.25, -0.2) is 4.98 Å². The molecule has 1 unspecified atom stereocenters. The van der Waals surface area contributed by atoms with Gasteiger partial charge in [-0.3, -0.25) is 9.48 Å². The molecule has 2 aromatic rings. The van der Waals surface area contributed by atoms with E-state index in [-0.39, 0.29) is 43.4 Å². The van der Waals surface area contributed by atoms with E-state index in [0.29, 0.717) is 11.9 Å². The topological polar surface area (TPSA) is 81.1 Å². The fourth-order valence-corrected chi connectivity index (χ4v) is 2.77. The molecule has 1 aliphatic rings. The van der Waals surface area contributed by atoms with Gasteiger partial charge in [0.25, 0.3) is 5.91 Å². The lowest BCUT2D eigenvalue weighted by Gasteiger charge is -2.22. The summed E-state index contributed by atoms with van der Waals surface area (Å²) in [5, 5.41) is 10.3. The molecule has 1 amide bonds. The summed E-state index contributed by atoms with van der Waals surface area (Å²) in [5.74, 6) is -0.271. The van der Waals surface area contributed by atoms with Crippen molar-refractivity contribution in [1.82, 2.24) is 25.4 Å². The van der Waals surface area contributed by atoms with E-state index < -0.39 is 11.7 Å². The minimum Gasteiger partial charge on any atom is -0.476 e. The molecule has 0 saturated carbocycles. The molecule has 0 spiro atoms. The molecule has 154 valence electrons. The summed E-state index contributed by atoms with van der Waals surface area (Å²) in [4.78, 5) is 15.7. The molecular formula is C17H21ClF3N5O2. The van der Waals surface area contributed by atoms with Crippen LogP contribution >= 0.6 is 12.4 Å². The maximum Gasteiger partial charge on any atom is 0.417 e. The lowest BCUT2D eigenvalue weighted by Crippen LogP contribution is -2.32. The van der Waals surface area contributed by atoms with E-state index in [1.165, 1.54) is 0 Å². The Balaban J connectivity index is 0.00000280. The molecule has 1 atom stereocenters. The second-order valence-corrected chi connectivity index (χ2v) is 6.17. The fraction of sp³-hybridized carbons (Fsp3) is 0.471. The summed E-state index contributed by atoms with van der Waals surface area (Å²) in [7, 11) is 0. The van der Waals surface area contributed by atoms with Crippen LogP contribution in [0.3, 0.4) is 0 Å². The number of rotatable bonds is 6. The number of alkyl halides is 3. The summed E-state index contributed by atoms with van der Waals surface area (Å²) in [6, 6.07) is 3.94. The molecule has 0 radical (unpaired) electrons. The number of carbonyl (C=O) groups excluding carboxylic acids is 1. The smallest absolute Gasteiger partial charge is 0.417 e. The fourth-order valence-electron chi connectivity index (χ4n) is 2.77. The van der Waals surface area contributed by atoms with Crippen molar-refractivity contribution >= 4 is 18.3 Å². The minimum atomic E-state index is -4.43. The standard InChI is InChI=1S/C17H20F3N5O2.ClH/c18-17(19,20)12-3-4-15(23-10-12)27-9-7-22-16(26)14-5-8-25(24-14)13-2-1-6-21-11-13;/h3-5,8,10,13,21H,1-2,6-7,9,11H2,(H,22,26);1H. The van der Waals surface area contributed by atoms with E-state index in [1.54, 1.807) is 16.9 Å². The molecule has 3 heterocycles. The van der Waals surface area contributed by atoms with Crippen LogP contribution in [0.4, 0.5) is 13.2 Å². The van der Waals surface area contributed by atoms with Crippen LogP contribution < -0.4 is 15.4 Å². The highest BCUT2D eigenvalue weighted by atomic mass is 35.5. The van der Waals surface area contributed by atoms with Crippen LogP contribution in [0, 0.1) is 0 Å². The van der Waals surface area contributed by atoms with Crippen molar-refractivity contribution in [3.63, 3.8) is 0 Å². The molecule has 2 aromatic heterocycles. The minimum absolute atomic E-state index is 0. The molecule has 0 aromatic carbocycles. The SMILES string of the molecule is Cl.O=C(NCCOc1ccc(C(F)(F)F)cn1)c1ccn(C2CCCNC2)n1. The van der Waals surface area contributed by atoms with Gasteiger partial charge in [-0.1, -0.05) is 0 Å². The van der Waals surface area contributed by atoms with Crippen LogP contribution in [0.25, 0.3) is 0 Å². The first-order valence-corrected chi connectivity index (χ1v) is 8.63. The number of aromatic nitrogens is 3. The van der Waals surface area contributed by atoms with Crippen molar-refractivity contribution in [3.05, 3.63) is 41.9 Å². The zero-order valence-corrected chi connectivity index (χ0v) is 15.7. The van der Waals surface area contributed by atoms with E-state index in [0.717, 1.165) is 38.1 Å².